The molecule has 1 aromatic carbocycles. The van der Waals surface area contributed by atoms with Gasteiger partial charge in [0, 0.05) is 4.47 Å². The van der Waals surface area contributed by atoms with Crippen molar-refractivity contribution in [1.29, 1.82) is 5.26 Å². The zero-order valence-corrected chi connectivity index (χ0v) is 11.8. The van der Waals surface area contributed by atoms with Crippen LogP contribution in [0.3, 0.4) is 0 Å². The molecule has 0 aliphatic rings. The maximum absolute atomic E-state index is 11.6. The van der Waals surface area contributed by atoms with Crippen molar-refractivity contribution in [2.75, 3.05) is 5.32 Å². The first-order valence-electron chi connectivity index (χ1n) is 4.73. The first kappa shape index (κ1) is 13.2. The monoisotopic (exact) mass is 344 g/mol. The summed E-state index contributed by atoms with van der Waals surface area (Å²) in [5.41, 5.74) is 1.22. The standard InChI is InChI=1S/C11H10Br2N2O/c1-2-8(12)11(16)15-10-4-3-7(6-14)5-9(10)13/h3-5,8H,2H2,1H3,(H,15,16). The van der Waals surface area contributed by atoms with Crippen LogP contribution < -0.4 is 5.32 Å². The average Bonchev–Trinajstić information content (AvgIpc) is 2.30. The van der Waals surface area contributed by atoms with E-state index in [-0.39, 0.29) is 10.7 Å². The Hall–Kier alpha value is -0.860. The quantitative estimate of drug-likeness (QED) is 0.853. The second kappa shape index (κ2) is 6.02. The molecular weight excluding hydrogens is 336 g/mol. The molecule has 0 heterocycles. The lowest BCUT2D eigenvalue weighted by Gasteiger charge is -2.10. The van der Waals surface area contributed by atoms with E-state index in [9.17, 15) is 4.79 Å². The van der Waals surface area contributed by atoms with Gasteiger partial charge in [-0.05, 0) is 40.5 Å². The van der Waals surface area contributed by atoms with Crippen LogP contribution in [0, 0.1) is 11.3 Å². The van der Waals surface area contributed by atoms with Crippen molar-refractivity contribution in [3.63, 3.8) is 0 Å². The second-order valence-corrected chi connectivity index (χ2v) is 5.13. The third-order valence-electron chi connectivity index (χ3n) is 2.00. The smallest absolute Gasteiger partial charge is 0.238 e. The number of amides is 1. The Morgan fingerprint density at radius 2 is 2.31 bits per heavy atom. The fourth-order valence-corrected chi connectivity index (χ4v) is 1.67. The lowest BCUT2D eigenvalue weighted by Crippen LogP contribution is -2.22. The predicted octanol–water partition coefficient (Wildman–Crippen LogP) is 3.43. The summed E-state index contributed by atoms with van der Waals surface area (Å²) in [5.74, 6) is -0.0899. The minimum atomic E-state index is -0.199. The average molecular weight is 346 g/mol. The number of hydrogen-bond acceptors (Lipinski definition) is 2. The van der Waals surface area contributed by atoms with Gasteiger partial charge in [0.2, 0.25) is 5.91 Å². The molecule has 0 spiro atoms. The van der Waals surface area contributed by atoms with Crippen molar-refractivity contribution in [1.82, 2.24) is 0 Å². The normalized spacial score (nSPS) is 11.6. The summed E-state index contributed by atoms with van der Waals surface area (Å²) in [7, 11) is 0. The first-order chi connectivity index (χ1) is 7.58. The van der Waals surface area contributed by atoms with Crippen LogP contribution in [0.25, 0.3) is 0 Å². The van der Waals surface area contributed by atoms with Crippen LogP contribution in [0.2, 0.25) is 0 Å². The summed E-state index contributed by atoms with van der Waals surface area (Å²) >= 11 is 6.58. The van der Waals surface area contributed by atoms with Gasteiger partial charge in [0.05, 0.1) is 22.1 Å². The molecule has 0 aliphatic heterocycles. The highest BCUT2D eigenvalue weighted by Crippen LogP contribution is 2.24. The highest BCUT2D eigenvalue weighted by atomic mass is 79.9. The summed E-state index contributed by atoms with van der Waals surface area (Å²) in [6, 6.07) is 7.07. The molecule has 1 atom stereocenters. The number of alkyl halides is 1. The molecule has 3 nitrogen and oxygen atoms in total. The number of carbonyl (C=O) groups is 1. The maximum Gasteiger partial charge on any atom is 0.238 e. The van der Waals surface area contributed by atoms with Gasteiger partial charge in [-0.3, -0.25) is 4.79 Å². The number of halogens is 2. The Morgan fingerprint density at radius 3 is 2.81 bits per heavy atom. The molecule has 5 heteroatoms. The van der Waals surface area contributed by atoms with Crippen molar-refractivity contribution < 1.29 is 4.79 Å². The molecule has 1 unspecified atom stereocenters. The molecule has 1 rings (SSSR count). The van der Waals surface area contributed by atoms with Crippen molar-refractivity contribution in [3.05, 3.63) is 28.2 Å². The van der Waals surface area contributed by atoms with E-state index in [1.165, 1.54) is 0 Å². The zero-order valence-electron chi connectivity index (χ0n) is 8.63. The van der Waals surface area contributed by atoms with E-state index in [1.54, 1.807) is 18.2 Å². The molecule has 16 heavy (non-hydrogen) atoms. The minimum Gasteiger partial charge on any atom is -0.324 e. The van der Waals surface area contributed by atoms with Gasteiger partial charge in [0.1, 0.15) is 0 Å². The van der Waals surface area contributed by atoms with Gasteiger partial charge in [0.25, 0.3) is 0 Å². The second-order valence-electron chi connectivity index (χ2n) is 3.17. The molecule has 1 N–H and O–H groups in total. The zero-order chi connectivity index (χ0) is 12.1. The Balaban J connectivity index is 2.83. The fourth-order valence-electron chi connectivity index (χ4n) is 1.08. The summed E-state index contributed by atoms with van der Waals surface area (Å²) in [5, 5.41) is 11.5. The highest BCUT2D eigenvalue weighted by molar-refractivity contribution is 9.10. The van der Waals surface area contributed by atoms with E-state index in [4.69, 9.17) is 5.26 Å². The number of benzene rings is 1. The van der Waals surface area contributed by atoms with Crippen LogP contribution in [0.15, 0.2) is 22.7 Å². The minimum absolute atomic E-state index is 0.0899. The molecule has 1 aromatic rings. The SMILES string of the molecule is CCC(Br)C(=O)Nc1ccc(C#N)cc1Br. The number of nitrogens with one attached hydrogen (secondary N) is 1. The summed E-state index contributed by atoms with van der Waals surface area (Å²) < 4.78 is 0.704. The third kappa shape index (κ3) is 3.32. The molecule has 0 saturated carbocycles. The number of nitriles is 1. The van der Waals surface area contributed by atoms with E-state index in [0.29, 0.717) is 15.7 Å². The van der Waals surface area contributed by atoms with Crippen LogP contribution >= 0.6 is 31.9 Å². The summed E-state index contributed by atoms with van der Waals surface area (Å²) in [4.78, 5) is 11.4. The molecular formula is C11H10Br2N2O. The van der Waals surface area contributed by atoms with Crippen molar-refractivity contribution in [2.24, 2.45) is 0 Å². The largest absolute Gasteiger partial charge is 0.324 e. The van der Waals surface area contributed by atoms with E-state index in [0.717, 1.165) is 6.42 Å². The Kier molecular flexibility index (Phi) is 4.97. The van der Waals surface area contributed by atoms with E-state index < -0.39 is 0 Å². The lowest BCUT2D eigenvalue weighted by atomic mass is 10.2. The van der Waals surface area contributed by atoms with Gasteiger partial charge in [-0.1, -0.05) is 22.9 Å². The van der Waals surface area contributed by atoms with Gasteiger partial charge >= 0.3 is 0 Å². The summed E-state index contributed by atoms with van der Waals surface area (Å²) in [6.07, 6.45) is 0.722. The van der Waals surface area contributed by atoms with Crippen molar-refractivity contribution >= 4 is 43.5 Å². The van der Waals surface area contributed by atoms with Crippen LogP contribution in [0.5, 0.6) is 0 Å². The maximum atomic E-state index is 11.6. The number of carbonyl (C=O) groups excluding carboxylic acids is 1. The fraction of sp³-hybridized carbons (Fsp3) is 0.273. The Morgan fingerprint density at radius 1 is 1.62 bits per heavy atom. The van der Waals surface area contributed by atoms with Gasteiger partial charge in [-0.15, -0.1) is 0 Å². The van der Waals surface area contributed by atoms with Crippen LogP contribution in [-0.2, 0) is 4.79 Å². The number of hydrogen-bond donors (Lipinski definition) is 1. The summed E-state index contributed by atoms with van der Waals surface area (Å²) in [6.45, 7) is 1.92. The van der Waals surface area contributed by atoms with E-state index >= 15 is 0 Å². The molecule has 0 fully saturated rings. The molecule has 84 valence electrons. The molecule has 0 bridgehead atoms. The van der Waals surface area contributed by atoms with Gasteiger partial charge < -0.3 is 5.32 Å². The van der Waals surface area contributed by atoms with Crippen molar-refractivity contribution in [3.8, 4) is 6.07 Å². The Bertz CT molecular complexity index is 440. The van der Waals surface area contributed by atoms with Gasteiger partial charge in [0.15, 0.2) is 0 Å². The Labute approximate surface area is 111 Å². The number of nitrogens with zero attached hydrogens (tertiary/aromatic N) is 1. The van der Waals surface area contributed by atoms with Gasteiger partial charge in [-0.25, -0.2) is 0 Å². The first-order valence-corrected chi connectivity index (χ1v) is 6.44. The van der Waals surface area contributed by atoms with Crippen molar-refractivity contribution in [2.45, 2.75) is 18.2 Å². The number of anilines is 1. The van der Waals surface area contributed by atoms with E-state index in [2.05, 4.69) is 37.2 Å². The van der Waals surface area contributed by atoms with Crippen LogP contribution in [0.4, 0.5) is 5.69 Å². The number of rotatable bonds is 3. The molecule has 0 aliphatic carbocycles. The molecule has 0 saturated heterocycles. The molecule has 0 radical (unpaired) electrons. The van der Waals surface area contributed by atoms with Gasteiger partial charge in [-0.2, -0.15) is 5.26 Å². The van der Waals surface area contributed by atoms with Crippen LogP contribution in [-0.4, -0.2) is 10.7 Å². The third-order valence-corrected chi connectivity index (χ3v) is 3.72. The predicted molar refractivity (Wildman–Crippen MR) is 70.5 cm³/mol. The topological polar surface area (TPSA) is 52.9 Å². The highest BCUT2D eigenvalue weighted by Gasteiger charge is 2.13. The van der Waals surface area contributed by atoms with E-state index in [1.807, 2.05) is 13.0 Å². The lowest BCUT2D eigenvalue weighted by molar-refractivity contribution is -0.115. The molecule has 0 aromatic heterocycles. The van der Waals surface area contributed by atoms with Crippen LogP contribution in [0.1, 0.15) is 18.9 Å². The molecule has 1 amide bonds.